The fourth-order valence-electron chi connectivity index (χ4n) is 0. The van der Waals surface area contributed by atoms with Crippen molar-refractivity contribution in [2.24, 2.45) is 0 Å². The first-order chi connectivity index (χ1) is 2.27. The highest BCUT2D eigenvalue weighted by Crippen LogP contribution is 1.66. The quantitative estimate of drug-likeness (QED) is 0.565. The van der Waals surface area contributed by atoms with Crippen LogP contribution in [-0.4, -0.2) is 16.8 Å². The molecule has 0 heterocycles. The molecule has 0 fully saturated rings. The molecule has 2 nitrogen and oxygen atoms in total. The third-order valence-electron chi connectivity index (χ3n) is 0.135. The first-order valence-electron chi connectivity index (χ1n) is 1.10. The van der Waals surface area contributed by atoms with Crippen LogP contribution in [0.1, 0.15) is 0 Å². The van der Waals surface area contributed by atoms with Crippen LogP contribution in [0.3, 0.4) is 0 Å². The number of thiol groups is 1. The van der Waals surface area contributed by atoms with Crippen molar-refractivity contribution in [3.63, 3.8) is 0 Å². The molecule has 7 heavy (non-hydrogen) atoms. The summed E-state index contributed by atoms with van der Waals surface area (Å²) in [6, 6.07) is 0. The molecule has 0 unspecified atom stereocenters. The first-order valence-corrected chi connectivity index (χ1v) is 1.73. The minimum absolute atomic E-state index is 0. The number of rotatable bonds is 1. The first kappa shape index (κ1) is 15.7. The molecule has 1 N–H and O–H groups in total. The van der Waals surface area contributed by atoms with Crippen molar-refractivity contribution in [2.75, 3.05) is 5.75 Å². The van der Waals surface area contributed by atoms with Gasteiger partial charge >= 0.3 is 5.97 Å². The lowest BCUT2D eigenvalue weighted by molar-refractivity contribution is -0.133. The molecule has 0 amide bonds. The summed E-state index contributed by atoms with van der Waals surface area (Å²) in [6.45, 7) is 0. The van der Waals surface area contributed by atoms with Gasteiger partial charge in [0.25, 0.3) is 0 Å². The topological polar surface area (TPSA) is 37.3 Å². The zero-order chi connectivity index (χ0) is 4.28. The molecular weight excluding hydrogens is 159 g/mol. The van der Waals surface area contributed by atoms with Gasteiger partial charge in [-0.3, -0.25) is 4.79 Å². The van der Waals surface area contributed by atoms with Crippen LogP contribution < -0.4 is 0 Å². The molecule has 0 aromatic carbocycles. The molecular formula is C2H6Cl2O2S. The molecule has 0 aliphatic carbocycles. The number of aliphatic carboxylic acids is 1. The van der Waals surface area contributed by atoms with E-state index in [1.807, 2.05) is 0 Å². The number of hydrogen-bond donors (Lipinski definition) is 2. The Bertz CT molecular complexity index is 49.0. The summed E-state index contributed by atoms with van der Waals surface area (Å²) in [5.74, 6) is -0.965. The number of carbonyl (C=O) groups is 1. The van der Waals surface area contributed by atoms with Crippen LogP contribution in [0.4, 0.5) is 0 Å². The van der Waals surface area contributed by atoms with Gasteiger partial charge in [-0.25, -0.2) is 0 Å². The van der Waals surface area contributed by atoms with Gasteiger partial charge in [0.15, 0.2) is 0 Å². The molecule has 46 valence electrons. The Morgan fingerprint density at radius 2 is 1.71 bits per heavy atom. The van der Waals surface area contributed by atoms with Gasteiger partial charge in [0, 0.05) is 0 Å². The summed E-state index contributed by atoms with van der Waals surface area (Å²) in [4.78, 5) is 9.29. The van der Waals surface area contributed by atoms with Gasteiger partial charge in [0.1, 0.15) is 0 Å². The van der Waals surface area contributed by atoms with Gasteiger partial charge in [-0.2, -0.15) is 12.6 Å². The Hall–Kier alpha value is 0.400. The third-order valence-corrected chi connectivity index (χ3v) is 0.406. The highest BCUT2D eigenvalue weighted by molar-refractivity contribution is 7.81. The van der Waals surface area contributed by atoms with Crippen molar-refractivity contribution in [3.05, 3.63) is 0 Å². The summed E-state index contributed by atoms with van der Waals surface area (Å²) < 4.78 is 0. The van der Waals surface area contributed by atoms with Crippen LogP contribution in [0.25, 0.3) is 0 Å². The zero-order valence-corrected chi connectivity index (χ0v) is 5.85. The summed E-state index contributed by atoms with van der Waals surface area (Å²) in [5.41, 5.74) is 0. The average molecular weight is 165 g/mol. The predicted molar refractivity (Wildman–Crippen MR) is 36.0 cm³/mol. The second kappa shape index (κ2) is 9.64. The molecule has 0 aromatic rings. The van der Waals surface area contributed by atoms with Crippen molar-refractivity contribution < 1.29 is 9.90 Å². The molecule has 0 saturated carbocycles. The van der Waals surface area contributed by atoms with Crippen LogP contribution in [0.5, 0.6) is 0 Å². The summed E-state index contributed by atoms with van der Waals surface area (Å²) in [5, 5.41) is 7.65. The van der Waals surface area contributed by atoms with Crippen molar-refractivity contribution in [3.8, 4) is 0 Å². The van der Waals surface area contributed by atoms with E-state index in [2.05, 4.69) is 12.6 Å². The lowest BCUT2D eigenvalue weighted by atomic mass is 10.8. The number of carboxylic acid groups (broad SMARTS) is 1. The van der Waals surface area contributed by atoms with Gasteiger partial charge in [0.05, 0.1) is 5.75 Å². The smallest absolute Gasteiger partial charge is 0.313 e. The Balaban J connectivity index is -0.0000000800. The van der Waals surface area contributed by atoms with E-state index < -0.39 is 5.97 Å². The van der Waals surface area contributed by atoms with Crippen molar-refractivity contribution in [1.29, 1.82) is 0 Å². The second-order valence-electron chi connectivity index (χ2n) is 0.552. The van der Waals surface area contributed by atoms with E-state index in [0.717, 1.165) is 0 Å². The second-order valence-corrected chi connectivity index (χ2v) is 0.868. The van der Waals surface area contributed by atoms with E-state index in [1.54, 1.807) is 0 Å². The van der Waals surface area contributed by atoms with Crippen LogP contribution in [0, 0.1) is 0 Å². The standard InChI is InChI=1S/C2H4O2S.2ClH/c3-2(4)1-5;;/h5H,1H2,(H,3,4);2*1H. The lowest BCUT2D eigenvalue weighted by Gasteiger charge is -1.71. The molecule has 0 aliphatic heterocycles. The molecule has 0 radical (unpaired) electrons. The largest absolute Gasteiger partial charge is 0.481 e. The van der Waals surface area contributed by atoms with Crippen molar-refractivity contribution in [1.82, 2.24) is 0 Å². The summed E-state index contributed by atoms with van der Waals surface area (Å²) in [7, 11) is 0. The number of carboxylic acids is 1. The van der Waals surface area contributed by atoms with Gasteiger partial charge in [-0.1, -0.05) is 0 Å². The van der Waals surface area contributed by atoms with Gasteiger partial charge < -0.3 is 5.11 Å². The Kier molecular flexibility index (Phi) is 21.6. The molecule has 5 heteroatoms. The van der Waals surface area contributed by atoms with E-state index in [4.69, 9.17) is 5.11 Å². The van der Waals surface area contributed by atoms with E-state index in [-0.39, 0.29) is 30.6 Å². The highest BCUT2D eigenvalue weighted by Gasteiger charge is 1.81. The molecule has 0 spiro atoms. The summed E-state index contributed by atoms with van der Waals surface area (Å²) in [6.07, 6.45) is 0. The monoisotopic (exact) mass is 164 g/mol. The molecule has 0 saturated heterocycles. The van der Waals surface area contributed by atoms with Crippen molar-refractivity contribution >= 4 is 43.4 Å². The average Bonchev–Trinajstić information content (AvgIpc) is 1.38. The van der Waals surface area contributed by atoms with Gasteiger partial charge in [0.2, 0.25) is 0 Å². The molecule has 0 aliphatic rings. The molecule has 0 bridgehead atoms. The highest BCUT2D eigenvalue weighted by atomic mass is 35.5. The number of halogens is 2. The molecule has 0 atom stereocenters. The number of hydrogen-bond acceptors (Lipinski definition) is 2. The predicted octanol–water partition coefficient (Wildman–Crippen LogP) is 0.844. The van der Waals surface area contributed by atoms with Crippen molar-refractivity contribution in [2.45, 2.75) is 0 Å². The zero-order valence-electron chi connectivity index (χ0n) is 3.33. The van der Waals surface area contributed by atoms with Crippen LogP contribution in [0.2, 0.25) is 0 Å². The molecule has 0 aromatic heterocycles. The lowest BCUT2D eigenvalue weighted by Crippen LogP contribution is -1.92. The maximum absolute atomic E-state index is 9.29. The van der Waals surface area contributed by atoms with Gasteiger partial charge in [-0.15, -0.1) is 24.8 Å². The SMILES string of the molecule is Cl.Cl.O=C(O)CS. The normalized spacial score (nSPS) is 5.29. The van der Waals surface area contributed by atoms with Crippen LogP contribution in [-0.2, 0) is 4.79 Å². The Labute approximate surface area is 59.5 Å². The van der Waals surface area contributed by atoms with Gasteiger partial charge in [-0.05, 0) is 0 Å². The van der Waals surface area contributed by atoms with E-state index in [1.165, 1.54) is 0 Å². The minimum Gasteiger partial charge on any atom is -0.481 e. The van der Waals surface area contributed by atoms with Crippen LogP contribution in [0.15, 0.2) is 0 Å². The third kappa shape index (κ3) is 21.5. The maximum Gasteiger partial charge on any atom is 0.313 e. The van der Waals surface area contributed by atoms with E-state index in [0.29, 0.717) is 0 Å². The Morgan fingerprint density at radius 3 is 1.71 bits per heavy atom. The van der Waals surface area contributed by atoms with Crippen LogP contribution >= 0.6 is 37.4 Å². The fourth-order valence-corrected chi connectivity index (χ4v) is 0. The maximum atomic E-state index is 9.29. The summed E-state index contributed by atoms with van der Waals surface area (Å²) >= 11 is 3.42. The minimum atomic E-state index is -0.881. The Morgan fingerprint density at radius 1 is 1.57 bits per heavy atom. The fraction of sp³-hybridized carbons (Fsp3) is 0.500. The van der Waals surface area contributed by atoms with E-state index in [9.17, 15) is 4.79 Å². The van der Waals surface area contributed by atoms with E-state index >= 15 is 0 Å². The molecule has 0 rings (SSSR count).